The Morgan fingerprint density at radius 1 is 0.221 bits per heavy atom. The highest BCUT2D eigenvalue weighted by molar-refractivity contribution is 5.71. The van der Waals surface area contributed by atoms with Crippen molar-refractivity contribution in [3.05, 3.63) is 0 Å². The van der Waals surface area contributed by atoms with Gasteiger partial charge in [-0.15, -0.1) is 0 Å². The third-order valence-electron chi connectivity index (χ3n) is 16.4. The van der Waals surface area contributed by atoms with Crippen molar-refractivity contribution in [3.8, 4) is 0 Å². The zero-order valence-corrected chi connectivity index (χ0v) is 53.3. The Bertz CT molecular complexity index is 1200. The zero-order chi connectivity index (χ0) is 56.2. The smallest absolute Gasteiger partial charge is 0.306 e. The first kappa shape index (κ1) is 75.4. The van der Waals surface area contributed by atoms with Crippen LogP contribution in [0.1, 0.15) is 401 Å². The van der Waals surface area contributed by atoms with E-state index in [0.717, 1.165) is 75.5 Å². The van der Waals surface area contributed by atoms with E-state index in [1.807, 2.05) is 0 Å². The monoisotopic (exact) mass is 1090 g/mol. The third kappa shape index (κ3) is 65.1. The molecule has 458 valence electrons. The Hall–Kier alpha value is -1.59. The lowest BCUT2D eigenvalue weighted by Crippen LogP contribution is -2.30. The fourth-order valence-corrected chi connectivity index (χ4v) is 11.1. The van der Waals surface area contributed by atoms with Gasteiger partial charge in [-0.2, -0.15) is 0 Å². The molecule has 77 heavy (non-hydrogen) atoms. The van der Waals surface area contributed by atoms with Crippen LogP contribution in [0.25, 0.3) is 0 Å². The molecule has 0 aliphatic heterocycles. The molecule has 0 unspecified atom stereocenters. The van der Waals surface area contributed by atoms with Crippen LogP contribution < -0.4 is 0 Å². The van der Waals surface area contributed by atoms with Gasteiger partial charge < -0.3 is 14.2 Å². The molecule has 0 bridgehead atoms. The van der Waals surface area contributed by atoms with Crippen LogP contribution in [0.3, 0.4) is 0 Å². The van der Waals surface area contributed by atoms with E-state index in [9.17, 15) is 14.4 Å². The Morgan fingerprint density at radius 2 is 0.377 bits per heavy atom. The van der Waals surface area contributed by atoms with Crippen LogP contribution in [-0.4, -0.2) is 37.2 Å². The summed E-state index contributed by atoms with van der Waals surface area (Å²) < 4.78 is 17.0. The maximum atomic E-state index is 13.0. The van der Waals surface area contributed by atoms with Gasteiger partial charge in [0.1, 0.15) is 13.2 Å². The Kier molecular flexibility index (Phi) is 60.7. The molecular formula is C71H138O6. The fraction of sp³-hybridized carbons (Fsp3) is 0.958. The molecule has 0 aliphatic carbocycles. The molecule has 6 heteroatoms. The van der Waals surface area contributed by atoms with E-state index >= 15 is 0 Å². The Labute approximate surface area is 482 Å². The molecule has 0 rings (SSSR count). The van der Waals surface area contributed by atoms with Gasteiger partial charge in [0.15, 0.2) is 6.10 Å². The third-order valence-corrected chi connectivity index (χ3v) is 16.4. The van der Waals surface area contributed by atoms with Gasteiger partial charge in [-0.25, -0.2) is 0 Å². The lowest BCUT2D eigenvalue weighted by atomic mass is 10.0. The number of rotatable bonds is 64. The van der Waals surface area contributed by atoms with E-state index in [2.05, 4.69) is 41.5 Å². The zero-order valence-electron chi connectivity index (χ0n) is 53.3. The number of unbranched alkanes of at least 4 members (excludes halogenated alkanes) is 47. The summed E-state index contributed by atoms with van der Waals surface area (Å²) in [5, 5.41) is 0. The van der Waals surface area contributed by atoms with Gasteiger partial charge in [-0.1, -0.05) is 363 Å². The maximum absolute atomic E-state index is 13.0. The van der Waals surface area contributed by atoms with Crippen molar-refractivity contribution >= 4 is 17.9 Å². The highest BCUT2D eigenvalue weighted by atomic mass is 16.6. The normalized spacial score (nSPS) is 12.1. The lowest BCUT2D eigenvalue weighted by Gasteiger charge is -2.18. The molecule has 0 saturated heterocycles. The van der Waals surface area contributed by atoms with Crippen molar-refractivity contribution in [3.63, 3.8) is 0 Å². The number of carbonyl (C=O) groups is 3. The molecule has 0 amide bonds. The number of hydrogen-bond acceptors (Lipinski definition) is 6. The van der Waals surface area contributed by atoms with Crippen molar-refractivity contribution in [2.75, 3.05) is 13.2 Å². The number of esters is 3. The summed E-state index contributed by atoms with van der Waals surface area (Å²) in [5.74, 6) is 1.73. The van der Waals surface area contributed by atoms with Gasteiger partial charge in [-0.3, -0.25) is 14.4 Å². The molecule has 1 atom stereocenters. The summed E-state index contributed by atoms with van der Waals surface area (Å²) in [6, 6.07) is 0. The molecule has 0 fully saturated rings. The minimum absolute atomic E-state index is 0.0618. The average molecular weight is 1090 g/mol. The summed E-state index contributed by atoms with van der Waals surface area (Å²) in [4.78, 5) is 38.5. The first-order valence-corrected chi connectivity index (χ1v) is 35.1. The van der Waals surface area contributed by atoms with Crippen LogP contribution in [0, 0.1) is 17.8 Å². The largest absolute Gasteiger partial charge is 0.462 e. The summed E-state index contributed by atoms with van der Waals surface area (Å²) >= 11 is 0. The van der Waals surface area contributed by atoms with Gasteiger partial charge in [0.2, 0.25) is 0 Å². The summed E-state index contributed by atoms with van der Waals surface area (Å²) in [5.41, 5.74) is 0. The second kappa shape index (κ2) is 62.0. The van der Waals surface area contributed by atoms with Gasteiger partial charge >= 0.3 is 17.9 Å². The summed E-state index contributed by atoms with van der Waals surface area (Å²) in [7, 11) is 0. The molecule has 0 saturated carbocycles. The SMILES string of the molecule is CC(C)CCCCCCCCCCCCCCCCCCCCC(=O)OC[C@@H](COC(=O)CCCCCCCCCCCCCCCCC(C)C)OC(=O)CCCCCCCCCCCCCCCCCCCCC(C)C. The number of ether oxygens (including phenoxy) is 3. The van der Waals surface area contributed by atoms with Crippen LogP contribution in [-0.2, 0) is 28.6 Å². The first-order valence-electron chi connectivity index (χ1n) is 35.1. The van der Waals surface area contributed by atoms with Gasteiger partial charge in [0, 0.05) is 19.3 Å². The van der Waals surface area contributed by atoms with Gasteiger partial charge in [0.25, 0.3) is 0 Å². The molecule has 6 nitrogen and oxygen atoms in total. The van der Waals surface area contributed by atoms with Crippen molar-refractivity contribution in [2.24, 2.45) is 17.8 Å². The molecule has 0 N–H and O–H groups in total. The summed E-state index contributed by atoms with van der Waals surface area (Å²) in [6.07, 6.45) is 69.8. The van der Waals surface area contributed by atoms with Gasteiger partial charge in [0.05, 0.1) is 0 Å². The maximum Gasteiger partial charge on any atom is 0.306 e. The highest BCUT2D eigenvalue weighted by Gasteiger charge is 2.20. The van der Waals surface area contributed by atoms with Gasteiger partial charge in [-0.05, 0) is 37.0 Å². The number of carbonyl (C=O) groups excluding carboxylic acids is 3. The fourth-order valence-electron chi connectivity index (χ4n) is 11.1. The summed E-state index contributed by atoms with van der Waals surface area (Å²) in [6.45, 7) is 13.9. The van der Waals surface area contributed by atoms with E-state index in [1.165, 1.54) is 283 Å². The van der Waals surface area contributed by atoms with Crippen LogP contribution >= 0.6 is 0 Å². The second-order valence-corrected chi connectivity index (χ2v) is 26.0. The highest BCUT2D eigenvalue weighted by Crippen LogP contribution is 2.20. The van der Waals surface area contributed by atoms with Crippen molar-refractivity contribution in [1.29, 1.82) is 0 Å². The van der Waals surface area contributed by atoms with Crippen LogP contribution in [0.2, 0.25) is 0 Å². The molecule has 0 heterocycles. The minimum Gasteiger partial charge on any atom is -0.462 e. The van der Waals surface area contributed by atoms with E-state index in [4.69, 9.17) is 14.2 Å². The van der Waals surface area contributed by atoms with Crippen molar-refractivity contribution in [1.82, 2.24) is 0 Å². The standard InChI is InChI=1S/C71H138O6/c1-65(2)57-51-45-39-33-27-21-15-11-7-9-13-17-24-30-36-42-48-54-60-69(72)75-63-68(64-76-70(73)61-55-49-43-37-31-25-20-19-23-29-35-41-47-53-59-67(5)6)77-71(74)62-56-50-44-38-32-26-18-14-10-8-12-16-22-28-34-40-46-52-58-66(3)4/h65-68H,7-64H2,1-6H3/t68-/m0/s1. The van der Waals surface area contributed by atoms with Crippen molar-refractivity contribution in [2.45, 2.75) is 407 Å². The lowest BCUT2D eigenvalue weighted by molar-refractivity contribution is -0.167. The average Bonchev–Trinajstić information content (AvgIpc) is 3.40. The predicted octanol–water partition coefficient (Wildman–Crippen LogP) is 23.8. The predicted molar refractivity (Wildman–Crippen MR) is 335 cm³/mol. The second-order valence-electron chi connectivity index (χ2n) is 26.0. The Balaban J connectivity index is 4.27. The minimum atomic E-state index is -0.765. The molecule has 0 aromatic carbocycles. The topological polar surface area (TPSA) is 78.9 Å². The molecule has 0 spiro atoms. The molecule has 0 aliphatic rings. The molecule has 0 radical (unpaired) electrons. The first-order chi connectivity index (χ1) is 37.6. The molecule has 0 aromatic rings. The quantitative estimate of drug-likeness (QED) is 0.0343. The van der Waals surface area contributed by atoms with E-state index < -0.39 is 6.10 Å². The van der Waals surface area contributed by atoms with Crippen LogP contribution in [0.15, 0.2) is 0 Å². The van der Waals surface area contributed by atoms with Crippen LogP contribution in [0.5, 0.6) is 0 Å². The molecular weight excluding hydrogens is 949 g/mol. The Morgan fingerprint density at radius 3 is 0.558 bits per heavy atom. The van der Waals surface area contributed by atoms with Crippen LogP contribution in [0.4, 0.5) is 0 Å². The van der Waals surface area contributed by atoms with E-state index in [-0.39, 0.29) is 31.1 Å². The number of hydrogen-bond donors (Lipinski definition) is 0. The van der Waals surface area contributed by atoms with E-state index in [0.29, 0.717) is 19.3 Å². The van der Waals surface area contributed by atoms with Crippen molar-refractivity contribution < 1.29 is 28.6 Å². The van der Waals surface area contributed by atoms with E-state index in [1.54, 1.807) is 0 Å². The molecule has 0 aromatic heterocycles.